The molecule has 1 aromatic rings. The van der Waals surface area contributed by atoms with Crippen LogP contribution in [0, 0.1) is 0 Å². The molecule has 0 saturated carbocycles. The molecule has 0 aliphatic carbocycles. The Balaban J connectivity index is 2.88. The lowest BCUT2D eigenvalue weighted by Crippen LogP contribution is -1.88. The van der Waals surface area contributed by atoms with Crippen LogP contribution in [0.25, 0.3) is 0 Å². The average molecular weight is 229 g/mol. The van der Waals surface area contributed by atoms with Crippen LogP contribution in [0.2, 0.25) is 0 Å². The van der Waals surface area contributed by atoms with Gasteiger partial charge in [-0.2, -0.15) is 0 Å². The van der Waals surface area contributed by atoms with Gasteiger partial charge < -0.3 is 9.90 Å². The van der Waals surface area contributed by atoms with E-state index in [0.29, 0.717) is 12.8 Å². The number of phenols is 1. The van der Waals surface area contributed by atoms with Gasteiger partial charge in [0.15, 0.2) is 0 Å². The normalized spacial score (nSPS) is 9.75. The highest BCUT2D eigenvalue weighted by Crippen LogP contribution is 2.26. The van der Waals surface area contributed by atoms with E-state index in [1.54, 1.807) is 12.1 Å². The molecule has 3 heteroatoms. The summed E-state index contributed by atoms with van der Waals surface area (Å²) in [7, 11) is 0. The Labute approximate surface area is 79.3 Å². The van der Waals surface area contributed by atoms with E-state index >= 15 is 0 Å². The summed E-state index contributed by atoms with van der Waals surface area (Å²) in [6.45, 7) is 0. The van der Waals surface area contributed by atoms with Gasteiger partial charge in [0, 0.05) is 16.5 Å². The van der Waals surface area contributed by atoms with Crippen LogP contribution in [0.4, 0.5) is 0 Å². The molecule has 0 saturated heterocycles. The van der Waals surface area contributed by atoms with Crippen molar-refractivity contribution in [3.63, 3.8) is 0 Å². The first-order chi connectivity index (χ1) is 5.75. The van der Waals surface area contributed by atoms with E-state index in [4.69, 9.17) is 0 Å². The van der Waals surface area contributed by atoms with Crippen LogP contribution in [0.15, 0.2) is 22.7 Å². The third-order valence-corrected chi connectivity index (χ3v) is 2.35. The summed E-state index contributed by atoms with van der Waals surface area (Å²) in [5.41, 5.74) is 0.796. The highest BCUT2D eigenvalue weighted by atomic mass is 79.9. The Kier molecular flexibility index (Phi) is 3.29. The van der Waals surface area contributed by atoms with Crippen LogP contribution in [0.3, 0.4) is 0 Å². The van der Waals surface area contributed by atoms with Crippen molar-refractivity contribution in [2.75, 3.05) is 0 Å². The molecule has 1 rings (SSSR count). The van der Waals surface area contributed by atoms with Crippen molar-refractivity contribution in [2.24, 2.45) is 0 Å². The van der Waals surface area contributed by atoms with Crippen molar-refractivity contribution in [1.29, 1.82) is 0 Å². The molecule has 0 fully saturated rings. The summed E-state index contributed by atoms with van der Waals surface area (Å²) in [5, 5.41) is 9.37. The molecule has 1 N–H and O–H groups in total. The van der Waals surface area contributed by atoms with Gasteiger partial charge >= 0.3 is 0 Å². The molecule has 0 spiro atoms. The predicted molar refractivity (Wildman–Crippen MR) is 50.2 cm³/mol. The Hall–Kier alpha value is -0.830. The molecule has 64 valence electrons. The van der Waals surface area contributed by atoms with Crippen LogP contribution in [-0.2, 0) is 11.2 Å². The van der Waals surface area contributed by atoms with Gasteiger partial charge in [-0.05, 0) is 18.6 Å². The fourth-order valence-electron chi connectivity index (χ4n) is 0.998. The van der Waals surface area contributed by atoms with E-state index < -0.39 is 0 Å². The lowest BCUT2D eigenvalue weighted by molar-refractivity contribution is -0.107. The second-order valence-electron chi connectivity index (χ2n) is 2.44. The van der Waals surface area contributed by atoms with E-state index in [1.165, 1.54) is 0 Å². The summed E-state index contributed by atoms with van der Waals surface area (Å²) >= 11 is 3.30. The zero-order chi connectivity index (χ0) is 8.97. The third-order valence-electron chi connectivity index (χ3n) is 1.61. The Morgan fingerprint density at radius 3 is 2.83 bits per heavy atom. The predicted octanol–water partition coefficient (Wildman–Crippen LogP) is 2.29. The Morgan fingerprint density at radius 1 is 1.50 bits per heavy atom. The van der Waals surface area contributed by atoms with Crippen molar-refractivity contribution in [1.82, 2.24) is 0 Å². The first-order valence-electron chi connectivity index (χ1n) is 3.65. The standard InChI is InChI=1S/C9H9BrO2/c10-8-4-1-5-9(12)7(8)3-2-6-11/h1,4-6,12H,2-3H2. The molecule has 0 aromatic heterocycles. The van der Waals surface area contributed by atoms with Gasteiger partial charge in [-0.1, -0.05) is 22.0 Å². The van der Waals surface area contributed by atoms with Gasteiger partial charge in [0.1, 0.15) is 12.0 Å². The third kappa shape index (κ3) is 2.08. The number of benzene rings is 1. The number of hydrogen-bond acceptors (Lipinski definition) is 2. The summed E-state index contributed by atoms with van der Waals surface area (Å²) < 4.78 is 0.851. The smallest absolute Gasteiger partial charge is 0.120 e. The summed E-state index contributed by atoms with van der Waals surface area (Å²) in [6, 6.07) is 5.22. The van der Waals surface area contributed by atoms with Crippen molar-refractivity contribution >= 4 is 22.2 Å². The van der Waals surface area contributed by atoms with Crippen molar-refractivity contribution < 1.29 is 9.90 Å². The molecule has 0 radical (unpaired) electrons. The average Bonchev–Trinajstić information content (AvgIpc) is 2.04. The van der Waals surface area contributed by atoms with Gasteiger partial charge in [-0.25, -0.2) is 0 Å². The van der Waals surface area contributed by atoms with Gasteiger partial charge in [0.25, 0.3) is 0 Å². The minimum absolute atomic E-state index is 0.242. The summed E-state index contributed by atoms with van der Waals surface area (Å²) in [4.78, 5) is 10.1. The molecule has 0 heterocycles. The van der Waals surface area contributed by atoms with Gasteiger partial charge in [-0.15, -0.1) is 0 Å². The van der Waals surface area contributed by atoms with E-state index in [0.717, 1.165) is 16.3 Å². The molecule has 0 amide bonds. The topological polar surface area (TPSA) is 37.3 Å². The maximum atomic E-state index is 10.1. The Morgan fingerprint density at radius 2 is 2.25 bits per heavy atom. The molecule has 1 aromatic carbocycles. The fourth-order valence-corrected chi connectivity index (χ4v) is 1.55. The van der Waals surface area contributed by atoms with E-state index in [2.05, 4.69) is 15.9 Å². The minimum Gasteiger partial charge on any atom is -0.508 e. The van der Waals surface area contributed by atoms with Gasteiger partial charge in [0.2, 0.25) is 0 Å². The maximum absolute atomic E-state index is 10.1. The number of halogens is 1. The highest BCUT2D eigenvalue weighted by Gasteiger charge is 2.03. The largest absolute Gasteiger partial charge is 0.508 e. The highest BCUT2D eigenvalue weighted by molar-refractivity contribution is 9.10. The molecule has 0 unspecified atom stereocenters. The van der Waals surface area contributed by atoms with E-state index in [-0.39, 0.29) is 5.75 Å². The molecule has 0 aliphatic rings. The molecule has 0 aliphatic heterocycles. The lowest BCUT2D eigenvalue weighted by Gasteiger charge is -2.03. The van der Waals surface area contributed by atoms with Gasteiger partial charge in [-0.3, -0.25) is 0 Å². The van der Waals surface area contributed by atoms with E-state index in [9.17, 15) is 9.90 Å². The van der Waals surface area contributed by atoms with Crippen LogP contribution in [0.1, 0.15) is 12.0 Å². The number of hydrogen-bond donors (Lipinski definition) is 1. The number of phenolic OH excluding ortho intramolecular Hbond substituents is 1. The Bertz CT molecular complexity index is 264. The zero-order valence-electron chi connectivity index (χ0n) is 6.46. The maximum Gasteiger partial charge on any atom is 0.120 e. The molecular weight excluding hydrogens is 220 g/mol. The lowest BCUT2D eigenvalue weighted by atomic mass is 10.1. The second-order valence-corrected chi connectivity index (χ2v) is 3.30. The summed E-state index contributed by atoms with van der Waals surface area (Å²) in [5.74, 6) is 0.242. The molecule has 0 bridgehead atoms. The minimum atomic E-state index is 0.242. The van der Waals surface area contributed by atoms with Crippen LogP contribution in [0.5, 0.6) is 5.75 Å². The first-order valence-corrected chi connectivity index (χ1v) is 4.45. The zero-order valence-corrected chi connectivity index (χ0v) is 8.04. The van der Waals surface area contributed by atoms with Crippen molar-refractivity contribution in [3.8, 4) is 5.75 Å². The van der Waals surface area contributed by atoms with Crippen molar-refractivity contribution in [2.45, 2.75) is 12.8 Å². The molecule has 12 heavy (non-hydrogen) atoms. The molecule has 2 nitrogen and oxygen atoms in total. The van der Waals surface area contributed by atoms with Crippen LogP contribution < -0.4 is 0 Å². The first kappa shape index (κ1) is 9.26. The number of aldehydes is 1. The quantitative estimate of drug-likeness (QED) is 0.807. The summed E-state index contributed by atoms with van der Waals surface area (Å²) in [6.07, 6.45) is 1.87. The monoisotopic (exact) mass is 228 g/mol. The number of rotatable bonds is 3. The van der Waals surface area contributed by atoms with Crippen molar-refractivity contribution in [3.05, 3.63) is 28.2 Å². The number of carbonyl (C=O) groups excluding carboxylic acids is 1. The number of aromatic hydroxyl groups is 1. The fraction of sp³-hybridized carbons (Fsp3) is 0.222. The second kappa shape index (κ2) is 4.26. The van der Waals surface area contributed by atoms with Crippen LogP contribution >= 0.6 is 15.9 Å². The van der Waals surface area contributed by atoms with E-state index in [1.807, 2.05) is 6.07 Å². The molecule has 0 atom stereocenters. The van der Waals surface area contributed by atoms with Gasteiger partial charge in [0.05, 0.1) is 0 Å². The SMILES string of the molecule is O=CCCc1c(O)cccc1Br. The number of carbonyl (C=O) groups is 1. The van der Waals surface area contributed by atoms with Crippen LogP contribution in [-0.4, -0.2) is 11.4 Å². The molecular formula is C9H9BrO2.